The van der Waals surface area contributed by atoms with Crippen molar-refractivity contribution in [3.05, 3.63) is 53.9 Å². The molecule has 0 saturated carbocycles. The molecule has 1 aliphatic rings. The fourth-order valence-corrected chi connectivity index (χ4v) is 3.03. The third-order valence-electron chi connectivity index (χ3n) is 4.12. The van der Waals surface area contributed by atoms with Crippen molar-refractivity contribution < 1.29 is 0 Å². The minimum atomic E-state index is 0.115. The molecule has 4 rings (SSSR count). The molecule has 22 heavy (non-hydrogen) atoms. The van der Waals surface area contributed by atoms with Crippen molar-refractivity contribution in [2.45, 2.75) is 38.3 Å². The van der Waals surface area contributed by atoms with Crippen molar-refractivity contribution in [2.24, 2.45) is 0 Å². The molecule has 2 aromatic heterocycles. The average molecular weight is 295 g/mol. The number of rotatable bonds is 3. The van der Waals surface area contributed by atoms with Crippen LogP contribution in [-0.2, 0) is 13.1 Å². The van der Waals surface area contributed by atoms with Crippen LogP contribution in [0.2, 0.25) is 0 Å². The molecule has 1 atom stereocenters. The molecule has 0 spiro atoms. The topological polar surface area (TPSA) is 74.3 Å². The molecular weight excluding hydrogens is 278 g/mol. The Bertz CT molecular complexity index is 746. The van der Waals surface area contributed by atoms with E-state index < -0.39 is 0 Å². The number of benzene rings is 1. The number of nitrogens with zero attached hydrogens (tertiary/aromatic N) is 7. The Kier molecular flexibility index (Phi) is 3.38. The third-order valence-corrected chi connectivity index (χ3v) is 4.12. The maximum Gasteiger partial charge on any atom is 0.161 e. The molecule has 3 heterocycles. The van der Waals surface area contributed by atoms with E-state index in [1.54, 1.807) is 6.33 Å². The fraction of sp³-hybridized carbons (Fsp3) is 0.400. The number of aryl methyl sites for hydroxylation is 1. The van der Waals surface area contributed by atoms with E-state index in [0.29, 0.717) is 6.54 Å². The van der Waals surface area contributed by atoms with Crippen molar-refractivity contribution in [1.29, 1.82) is 0 Å². The van der Waals surface area contributed by atoms with Crippen LogP contribution in [-0.4, -0.2) is 35.0 Å². The molecule has 1 unspecified atom stereocenters. The largest absolute Gasteiger partial charge is 0.245 e. The Labute approximate surface area is 128 Å². The quantitative estimate of drug-likeness (QED) is 0.734. The van der Waals surface area contributed by atoms with Crippen LogP contribution in [0.4, 0.5) is 0 Å². The highest BCUT2D eigenvalue weighted by atomic mass is 15.5. The minimum Gasteiger partial charge on any atom is -0.245 e. The summed E-state index contributed by atoms with van der Waals surface area (Å²) in [6.07, 6.45) is 4.86. The Hall–Kier alpha value is -2.57. The molecule has 7 nitrogen and oxygen atoms in total. The highest BCUT2D eigenvalue weighted by Gasteiger charge is 2.27. The second kappa shape index (κ2) is 5.67. The van der Waals surface area contributed by atoms with E-state index in [1.165, 1.54) is 5.56 Å². The molecule has 0 radical (unpaired) electrons. The lowest BCUT2D eigenvalue weighted by atomic mass is 10.0. The zero-order valence-electron chi connectivity index (χ0n) is 12.2. The number of aromatic nitrogens is 7. The Morgan fingerprint density at radius 1 is 1.09 bits per heavy atom. The molecule has 3 aromatic rings. The molecule has 1 aromatic carbocycles. The van der Waals surface area contributed by atoms with E-state index in [4.69, 9.17) is 0 Å². The maximum atomic E-state index is 4.50. The first-order valence-corrected chi connectivity index (χ1v) is 7.59. The summed E-state index contributed by atoms with van der Waals surface area (Å²) in [6, 6.07) is 10.3. The van der Waals surface area contributed by atoms with Gasteiger partial charge in [-0.1, -0.05) is 36.8 Å². The second-order valence-corrected chi connectivity index (χ2v) is 5.57. The van der Waals surface area contributed by atoms with Crippen molar-refractivity contribution >= 4 is 0 Å². The molecule has 0 bridgehead atoms. The molecule has 0 amide bonds. The van der Waals surface area contributed by atoms with E-state index in [2.05, 4.69) is 37.7 Å². The Morgan fingerprint density at radius 3 is 2.91 bits per heavy atom. The molecular formula is C15H17N7. The van der Waals surface area contributed by atoms with Gasteiger partial charge in [0.15, 0.2) is 5.82 Å². The maximum absolute atomic E-state index is 4.50. The molecule has 0 aliphatic carbocycles. The van der Waals surface area contributed by atoms with Gasteiger partial charge in [-0.05, 0) is 28.8 Å². The summed E-state index contributed by atoms with van der Waals surface area (Å²) in [5.74, 6) is 1.96. The Morgan fingerprint density at radius 2 is 2.00 bits per heavy atom. The number of tetrazole rings is 1. The van der Waals surface area contributed by atoms with E-state index in [-0.39, 0.29) is 5.92 Å². The lowest BCUT2D eigenvalue weighted by Gasteiger charge is -2.14. The highest BCUT2D eigenvalue weighted by Crippen LogP contribution is 2.29. The first-order valence-electron chi connectivity index (χ1n) is 7.59. The summed E-state index contributed by atoms with van der Waals surface area (Å²) in [5.41, 5.74) is 1.21. The van der Waals surface area contributed by atoms with E-state index >= 15 is 0 Å². The summed E-state index contributed by atoms with van der Waals surface area (Å²) in [6.45, 7) is 1.60. The predicted octanol–water partition coefficient (Wildman–Crippen LogP) is 1.63. The van der Waals surface area contributed by atoms with Gasteiger partial charge >= 0.3 is 0 Å². The fourth-order valence-electron chi connectivity index (χ4n) is 3.03. The van der Waals surface area contributed by atoms with E-state index in [9.17, 15) is 0 Å². The standard InChI is InChI=1S/C15H17N7/c1-2-6-12(7-3-1)10-22-14(16-11-17-22)13-8-4-5-9-21-15(13)18-19-20-21/h1-3,6-7,11,13H,4-5,8-10H2. The van der Waals surface area contributed by atoms with E-state index in [1.807, 2.05) is 27.6 Å². The van der Waals surface area contributed by atoms with Crippen LogP contribution in [0.1, 0.15) is 42.4 Å². The van der Waals surface area contributed by atoms with Gasteiger partial charge in [0.1, 0.15) is 12.2 Å². The van der Waals surface area contributed by atoms with Crippen LogP contribution in [0.3, 0.4) is 0 Å². The van der Waals surface area contributed by atoms with Gasteiger partial charge in [0.25, 0.3) is 0 Å². The third kappa shape index (κ3) is 2.38. The van der Waals surface area contributed by atoms with Crippen molar-refractivity contribution in [3.63, 3.8) is 0 Å². The molecule has 0 fully saturated rings. The lowest BCUT2D eigenvalue weighted by Crippen LogP contribution is -2.15. The number of hydrogen-bond acceptors (Lipinski definition) is 5. The second-order valence-electron chi connectivity index (χ2n) is 5.57. The summed E-state index contributed by atoms with van der Waals surface area (Å²) in [7, 11) is 0. The highest BCUT2D eigenvalue weighted by molar-refractivity contribution is 5.17. The SMILES string of the molecule is c1ccc(Cn2ncnc2C2CCCCn3nnnc32)cc1. The first kappa shape index (κ1) is 13.1. The lowest BCUT2D eigenvalue weighted by molar-refractivity contribution is 0.554. The van der Waals surface area contributed by atoms with Crippen LogP contribution < -0.4 is 0 Å². The zero-order valence-corrected chi connectivity index (χ0v) is 12.2. The molecule has 1 aliphatic heterocycles. The minimum absolute atomic E-state index is 0.115. The average Bonchev–Trinajstić information content (AvgIpc) is 3.15. The van der Waals surface area contributed by atoms with Crippen molar-refractivity contribution in [3.8, 4) is 0 Å². The number of fused-ring (bicyclic) bond motifs is 1. The predicted molar refractivity (Wildman–Crippen MR) is 79.1 cm³/mol. The smallest absolute Gasteiger partial charge is 0.161 e. The van der Waals surface area contributed by atoms with Gasteiger partial charge in [-0.3, -0.25) is 0 Å². The molecule has 0 saturated heterocycles. The van der Waals surface area contributed by atoms with Crippen LogP contribution in [0, 0.1) is 0 Å². The van der Waals surface area contributed by atoms with Crippen LogP contribution in [0.5, 0.6) is 0 Å². The van der Waals surface area contributed by atoms with Gasteiger partial charge in [-0.15, -0.1) is 5.10 Å². The Balaban J connectivity index is 1.68. The first-order chi connectivity index (χ1) is 10.9. The van der Waals surface area contributed by atoms with Crippen molar-refractivity contribution in [1.82, 2.24) is 35.0 Å². The van der Waals surface area contributed by atoms with Crippen molar-refractivity contribution in [2.75, 3.05) is 0 Å². The van der Waals surface area contributed by atoms with Gasteiger partial charge in [0.05, 0.1) is 12.5 Å². The van der Waals surface area contributed by atoms with Gasteiger partial charge in [0, 0.05) is 6.54 Å². The van der Waals surface area contributed by atoms with E-state index in [0.717, 1.165) is 37.5 Å². The van der Waals surface area contributed by atoms with Crippen LogP contribution in [0.25, 0.3) is 0 Å². The van der Waals surface area contributed by atoms with Crippen LogP contribution >= 0.6 is 0 Å². The number of hydrogen-bond donors (Lipinski definition) is 0. The molecule has 7 heteroatoms. The monoisotopic (exact) mass is 295 g/mol. The summed E-state index contributed by atoms with van der Waals surface area (Å²) >= 11 is 0. The van der Waals surface area contributed by atoms with Crippen LogP contribution in [0.15, 0.2) is 36.7 Å². The summed E-state index contributed by atoms with van der Waals surface area (Å²) in [5, 5.41) is 16.5. The van der Waals surface area contributed by atoms with Gasteiger partial charge in [-0.2, -0.15) is 5.10 Å². The molecule has 112 valence electrons. The van der Waals surface area contributed by atoms with Gasteiger partial charge in [-0.25, -0.2) is 14.3 Å². The van der Waals surface area contributed by atoms with Gasteiger partial charge in [0.2, 0.25) is 0 Å². The molecule has 0 N–H and O–H groups in total. The normalized spacial score (nSPS) is 17.9. The van der Waals surface area contributed by atoms with Gasteiger partial charge < -0.3 is 0 Å². The zero-order chi connectivity index (χ0) is 14.8. The summed E-state index contributed by atoms with van der Waals surface area (Å²) < 4.78 is 3.86. The summed E-state index contributed by atoms with van der Waals surface area (Å²) in [4.78, 5) is 4.50.